The van der Waals surface area contributed by atoms with Gasteiger partial charge in [0.05, 0.1) is 5.69 Å². The van der Waals surface area contributed by atoms with Gasteiger partial charge in [0.1, 0.15) is 11.6 Å². The zero-order valence-corrected chi connectivity index (χ0v) is 14.4. The van der Waals surface area contributed by atoms with E-state index in [0.717, 1.165) is 15.3 Å². The minimum Gasteiger partial charge on any atom is -0.454 e. The van der Waals surface area contributed by atoms with E-state index in [1.165, 1.54) is 17.4 Å². The Morgan fingerprint density at radius 3 is 2.88 bits per heavy atom. The summed E-state index contributed by atoms with van der Waals surface area (Å²) < 4.78 is 11.7. The van der Waals surface area contributed by atoms with Gasteiger partial charge in [-0.05, 0) is 31.2 Å². The standard InChI is InChI=1S/C16H13N5O4S/c1-9-18-19-16(26-9)17-14(22)7-21-15(23)5-3-11(20-21)10-2-4-12-13(6-10)25-8-24-12/h2-6H,7-8H2,1H3,(H,17,19,22). The summed E-state index contributed by atoms with van der Waals surface area (Å²) in [7, 11) is 0. The third-order valence-corrected chi connectivity index (χ3v) is 4.35. The Kier molecular flexibility index (Phi) is 4.09. The number of benzene rings is 1. The molecule has 0 unspecified atom stereocenters. The molecule has 1 aliphatic heterocycles. The molecule has 3 aromatic rings. The van der Waals surface area contributed by atoms with Crippen molar-refractivity contribution in [2.24, 2.45) is 0 Å². The number of fused-ring (bicyclic) bond motifs is 1. The Morgan fingerprint density at radius 2 is 2.08 bits per heavy atom. The Bertz CT molecular complexity index is 1050. The maximum Gasteiger partial charge on any atom is 0.267 e. The van der Waals surface area contributed by atoms with Gasteiger partial charge in [-0.3, -0.25) is 14.9 Å². The normalized spacial score (nSPS) is 12.2. The van der Waals surface area contributed by atoms with Gasteiger partial charge >= 0.3 is 0 Å². The molecule has 1 aromatic carbocycles. The summed E-state index contributed by atoms with van der Waals surface area (Å²) in [6.07, 6.45) is 0. The maximum atomic E-state index is 12.1. The van der Waals surface area contributed by atoms with Crippen molar-refractivity contribution in [3.8, 4) is 22.8 Å². The van der Waals surface area contributed by atoms with Crippen LogP contribution in [0.1, 0.15) is 5.01 Å². The van der Waals surface area contributed by atoms with Crippen LogP contribution in [-0.2, 0) is 11.3 Å². The summed E-state index contributed by atoms with van der Waals surface area (Å²) in [5.41, 5.74) is 0.920. The summed E-state index contributed by atoms with van der Waals surface area (Å²) >= 11 is 1.25. The van der Waals surface area contributed by atoms with Gasteiger partial charge in [-0.15, -0.1) is 10.2 Å². The van der Waals surface area contributed by atoms with Crippen molar-refractivity contribution in [2.45, 2.75) is 13.5 Å². The van der Waals surface area contributed by atoms with Crippen molar-refractivity contribution in [1.29, 1.82) is 0 Å². The van der Waals surface area contributed by atoms with Gasteiger partial charge in [-0.25, -0.2) is 4.68 Å². The SMILES string of the molecule is Cc1nnc(NC(=O)Cn2nc(-c3ccc4c(c3)OCO4)ccc2=O)s1. The Balaban J connectivity index is 1.56. The van der Waals surface area contributed by atoms with Gasteiger partial charge in [0.25, 0.3) is 5.56 Å². The predicted molar refractivity (Wildman–Crippen MR) is 93.3 cm³/mol. The van der Waals surface area contributed by atoms with E-state index in [2.05, 4.69) is 20.6 Å². The van der Waals surface area contributed by atoms with Crippen LogP contribution in [0.5, 0.6) is 11.5 Å². The number of amides is 1. The molecule has 26 heavy (non-hydrogen) atoms. The lowest BCUT2D eigenvalue weighted by atomic mass is 10.1. The molecule has 1 amide bonds. The lowest BCUT2D eigenvalue weighted by molar-refractivity contribution is -0.117. The average molecular weight is 371 g/mol. The second kappa shape index (κ2) is 6.56. The zero-order valence-electron chi connectivity index (χ0n) is 13.6. The number of anilines is 1. The molecule has 0 radical (unpaired) electrons. The van der Waals surface area contributed by atoms with Crippen LogP contribution in [-0.4, -0.2) is 32.7 Å². The molecule has 0 fully saturated rings. The van der Waals surface area contributed by atoms with Crippen LogP contribution in [0.2, 0.25) is 0 Å². The van der Waals surface area contributed by atoms with Crippen LogP contribution in [0.15, 0.2) is 35.1 Å². The minimum absolute atomic E-state index is 0.178. The first kappa shape index (κ1) is 16.2. The van der Waals surface area contributed by atoms with Crippen molar-refractivity contribution in [3.63, 3.8) is 0 Å². The highest BCUT2D eigenvalue weighted by Gasteiger charge is 2.15. The lowest BCUT2D eigenvalue weighted by Gasteiger charge is -2.07. The monoisotopic (exact) mass is 371 g/mol. The molecule has 0 aliphatic carbocycles. The molecule has 0 bridgehead atoms. The van der Waals surface area contributed by atoms with Crippen molar-refractivity contribution < 1.29 is 14.3 Å². The van der Waals surface area contributed by atoms with Crippen LogP contribution in [0.3, 0.4) is 0 Å². The summed E-state index contributed by atoms with van der Waals surface area (Å²) in [6, 6.07) is 8.34. The molecule has 4 rings (SSSR count). The van der Waals surface area contributed by atoms with E-state index in [9.17, 15) is 9.59 Å². The topological polar surface area (TPSA) is 108 Å². The number of rotatable bonds is 4. The largest absolute Gasteiger partial charge is 0.454 e. The fraction of sp³-hybridized carbons (Fsp3) is 0.188. The van der Waals surface area contributed by atoms with Crippen LogP contribution in [0.4, 0.5) is 5.13 Å². The number of nitrogens with zero attached hydrogens (tertiary/aromatic N) is 4. The van der Waals surface area contributed by atoms with Crippen molar-refractivity contribution >= 4 is 22.4 Å². The number of carbonyl (C=O) groups excluding carboxylic acids is 1. The molecule has 1 aliphatic rings. The summed E-state index contributed by atoms with van der Waals surface area (Å²) in [5.74, 6) is 0.874. The first-order chi connectivity index (χ1) is 12.6. The minimum atomic E-state index is -0.404. The van der Waals surface area contributed by atoms with E-state index < -0.39 is 5.91 Å². The third kappa shape index (κ3) is 3.26. The fourth-order valence-electron chi connectivity index (χ4n) is 2.41. The first-order valence-electron chi connectivity index (χ1n) is 7.67. The van der Waals surface area contributed by atoms with E-state index in [-0.39, 0.29) is 18.9 Å². The third-order valence-electron chi connectivity index (χ3n) is 3.60. The van der Waals surface area contributed by atoms with Crippen LogP contribution in [0, 0.1) is 6.92 Å². The van der Waals surface area contributed by atoms with Crippen molar-refractivity contribution in [1.82, 2.24) is 20.0 Å². The molecule has 0 saturated carbocycles. The number of carbonyl (C=O) groups is 1. The van der Waals surface area contributed by atoms with E-state index in [4.69, 9.17) is 9.47 Å². The Hall–Kier alpha value is -3.27. The van der Waals surface area contributed by atoms with Gasteiger partial charge < -0.3 is 9.47 Å². The predicted octanol–water partition coefficient (Wildman–Crippen LogP) is 1.44. The smallest absolute Gasteiger partial charge is 0.267 e. The quantitative estimate of drug-likeness (QED) is 0.739. The molecule has 1 N–H and O–H groups in total. The maximum absolute atomic E-state index is 12.1. The first-order valence-corrected chi connectivity index (χ1v) is 8.48. The second-order valence-corrected chi connectivity index (χ2v) is 6.64. The molecule has 9 nitrogen and oxygen atoms in total. The van der Waals surface area contributed by atoms with Gasteiger partial charge in [0.2, 0.25) is 17.8 Å². The summed E-state index contributed by atoms with van der Waals surface area (Å²) in [5, 5.41) is 15.6. The highest BCUT2D eigenvalue weighted by Crippen LogP contribution is 2.35. The van der Waals surface area contributed by atoms with Gasteiger partial charge in [-0.1, -0.05) is 11.3 Å². The number of ether oxygens (including phenoxy) is 2. The molecule has 3 heterocycles. The van der Waals surface area contributed by atoms with E-state index >= 15 is 0 Å². The average Bonchev–Trinajstić information content (AvgIpc) is 3.24. The highest BCUT2D eigenvalue weighted by atomic mass is 32.1. The zero-order chi connectivity index (χ0) is 18.1. The molecule has 10 heteroatoms. The van der Waals surface area contributed by atoms with E-state index in [1.54, 1.807) is 25.1 Å². The number of hydrogen-bond donors (Lipinski definition) is 1. The van der Waals surface area contributed by atoms with Crippen LogP contribution < -0.4 is 20.3 Å². The van der Waals surface area contributed by atoms with Gasteiger partial charge in [-0.2, -0.15) is 5.10 Å². The molecular weight excluding hydrogens is 358 g/mol. The molecule has 0 spiro atoms. The van der Waals surface area contributed by atoms with Crippen molar-refractivity contribution in [2.75, 3.05) is 12.1 Å². The Morgan fingerprint density at radius 1 is 1.23 bits per heavy atom. The summed E-state index contributed by atoms with van der Waals surface area (Å²) in [6.45, 7) is 1.74. The number of nitrogens with one attached hydrogen (secondary N) is 1. The lowest BCUT2D eigenvalue weighted by Crippen LogP contribution is -2.29. The fourth-order valence-corrected chi connectivity index (χ4v) is 3.02. The second-order valence-electron chi connectivity index (χ2n) is 5.46. The summed E-state index contributed by atoms with van der Waals surface area (Å²) in [4.78, 5) is 24.2. The van der Waals surface area contributed by atoms with Gasteiger partial charge in [0.15, 0.2) is 11.5 Å². The van der Waals surface area contributed by atoms with Gasteiger partial charge in [0, 0.05) is 11.6 Å². The van der Waals surface area contributed by atoms with Crippen molar-refractivity contribution in [3.05, 3.63) is 45.7 Å². The molecule has 0 atom stereocenters. The number of hydrogen-bond acceptors (Lipinski definition) is 8. The van der Waals surface area contributed by atoms with E-state index in [0.29, 0.717) is 22.3 Å². The van der Waals surface area contributed by atoms with Crippen LogP contribution in [0.25, 0.3) is 11.3 Å². The molecule has 2 aromatic heterocycles. The van der Waals surface area contributed by atoms with Crippen LogP contribution >= 0.6 is 11.3 Å². The number of aromatic nitrogens is 4. The Labute approximate surface area is 151 Å². The molecular formula is C16H13N5O4S. The highest BCUT2D eigenvalue weighted by molar-refractivity contribution is 7.15. The number of aryl methyl sites for hydroxylation is 1. The molecule has 0 saturated heterocycles. The van der Waals surface area contributed by atoms with E-state index in [1.807, 2.05) is 6.07 Å². The molecule has 132 valence electrons.